The van der Waals surface area contributed by atoms with E-state index in [2.05, 4.69) is 10.2 Å². The Kier molecular flexibility index (Phi) is 5.53. The average molecular weight is 434 g/mol. The maximum absolute atomic E-state index is 14.7. The highest BCUT2D eigenvalue weighted by molar-refractivity contribution is 5.90. The Morgan fingerprint density at radius 3 is 2.77 bits per heavy atom. The molecular formula is C22H25F3N4O2. The van der Waals surface area contributed by atoms with E-state index in [4.69, 9.17) is 4.74 Å². The molecule has 1 aromatic carbocycles. The molecule has 0 amide bonds. The van der Waals surface area contributed by atoms with Crippen LogP contribution in [0.4, 0.5) is 13.2 Å². The number of hydrogen-bond donors (Lipinski definition) is 0. The molecule has 0 unspecified atom stereocenters. The van der Waals surface area contributed by atoms with Gasteiger partial charge in [0.15, 0.2) is 0 Å². The predicted molar refractivity (Wildman–Crippen MR) is 110 cm³/mol. The minimum absolute atomic E-state index is 0.0834. The third kappa shape index (κ3) is 4.60. The fraction of sp³-hybridized carbons (Fsp3) is 0.500. The summed E-state index contributed by atoms with van der Waals surface area (Å²) >= 11 is 0. The van der Waals surface area contributed by atoms with Gasteiger partial charge in [0, 0.05) is 50.5 Å². The van der Waals surface area contributed by atoms with E-state index in [1.54, 1.807) is 24.5 Å². The number of aromatic nitrogens is 4. The number of aryl methyl sites for hydroxylation is 2. The molecule has 2 aromatic heterocycles. The molecule has 1 aliphatic rings. The van der Waals surface area contributed by atoms with E-state index in [9.17, 15) is 18.0 Å². The number of alkyl halides is 2. The molecule has 3 aromatic rings. The van der Waals surface area contributed by atoms with Gasteiger partial charge in [-0.15, -0.1) is 0 Å². The molecule has 0 radical (unpaired) electrons. The first-order chi connectivity index (χ1) is 14.6. The van der Waals surface area contributed by atoms with E-state index in [0.717, 1.165) is 18.0 Å². The molecule has 166 valence electrons. The lowest BCUT2D eigenvalue weighted by molar-refractivity contribution is -0.117. The van der Waals surface area contributed by atoms with Crippen molar-refractivity contribution in [3.63, 3.8) is 0 Å². The zero-order valence-electron chi connectivity index (χ0n) is 17.7. The topological polar surface area (TPSA) is 61.9 Å². The van der Waals surface area contributed by atoms with Gasteiger partial charge in [0.25, 0.3) is 0 Å². The molecule has 0 aliphatic heterocycles. The monoisotopic (exact) mass is 434 g/mol. The second-order valence-corrected chi connectivity index (χ2v) is 8.46. The number of fused-ring (bicyclic) bond motifs is 1. The maximum atomic E-state index is 14.7. The normalized spacial score (nSPS) is 18.1. The SMILES string of the molecule is C[C@@H](Oc1cc(-c2cnn(CCC(C)(F)F)c2)cc2nn(C)c(F)c12)[C@H]1CCC(=O)C1. The molecular weight excluding hydrogens is 409 g/mol. The van der Waals surface area contributed by atoms with E-state index in [-0.39, 0.29) is 36.2 Å². The Labute approximate surface area is 178 Å². The largest absolute Gasteiger partial charge is 0.490 e. The fourth-order valence-electron chi connectivity index (χ4n) is 4.00. The Bertz CT molecular complexity index is 1120. The van der Waals surface area contributed by atoms with Gasteiger partial charge in [0.2, 0.25) is 11.9 Å². The second-order valence-electron chi connectivity index (χ2n) is 8.46. The minimum atomic E-state index is -2.77. The molecule has 0 saturated heterocycles. The lowest BCUT2D eigenvalue weighted by atomic mass is 10.0. The quantitative estimate of drug-likeness (QED) is 0.538. The summed E-state index contributed by atoms with van der Waals surface area (Å²) in [5.41, 5.74) is 1.82. The molecule has 4 rings (SSSR count). The zero-order valence-corrected chi connectivity index (χ0v) is 17.7. The van der Waals surface area contributed by atoms with Crippen molar-refractivity contribution < 1.29 is 22.7 Å². The van der Waals surface area contributed by atoms with Crippen LogP contribution >= 0.6 is 0 Å². The van der Waals surface area contributed by atoms with Crippen molar-refractivity contribution in [1.29, 1.82) is 0 Å². The van der Waals surface area contributed by atoms with Gasteiger partial charge in [0.05, 0.1) is 23.2 Å². The smallest absolute Gasteiger partial charge is 0.247 e. The van der Waals surface area contributed by atoms with Gasteiger partial charge in [-0.3, -0.25) is 9.48 Å². The Morgan fingerprint density at radius 2 is 2.10 bits per heavy atom. The van der Waals surface area contributed by atoms with Crippen LogP contribution in [0.1, 0.15) is 39.5 Å². The van der Waals surface area contributed by atoms with Gasteiger partial charge in [-0.05, 0) is 38.0 Å². The van der Waals surface area contributed by atoms with E-state index in [1.807, 2.05) is 6.92 Å². The van der Waals surface area contributed by atoms with Crippen LogP contribution in [0, 0.1) is 11.9 Å². The van der Waals surface area contributed by atoms with Crippen molar-refractivity contribution >= 4 is 16.7 Å². The van der Waals surface area contributed by atoms with E-state index < -0.39 is 11.9 Å². The number of hydrogen-bond acceptors (Lipinski definition) is 4. The summed E-state index contributed by atoms with van der Waals surface area (Å²) in [6.07, 6.45) is 4.45. The zero-order chi connectivity index (χ0) is 22.3. The number of Topliss-reactive ketones (excluding diaryl/α,β-unsaturated/α-hetero) is 1. The summed E-state index contributed by atoms with van der Waals surface area (Å²) in [5.74, 6) is -2.62. The lowest BCUT2D eigenvalue weighted by Crippen LogP contribution is -2.22. The third-order valence-corrected chi connectivity index (χ3v) is 5.84. The minimum Gasteiger partial charge on any atom is -0.490 e. The van der Waals surface area contributed by atoms with Crippen LogP contribution < -0.4 is 4.74 Å². The number of ether oxygens (including phenoxy) is 1. The van der Waals surface area contributed by atoms with Crippen LogP contribution in [0.25, 0.3) is 22.0 Å². The van der Waals surface area contributed by atoms with E-state index in [0.29, 0.717) is 35.2 Å². The van der Waals surface area contributed by atoms with Crippen molar-refractivity contribution in [2.24, 2.45) is 13.0 Å². The van der Waals surface area contributed by atoms with Gasteiger partial charge < -0.3 is 4.74 Å². The number of halogens is 3. The van der Waals surface area contributed by atoms with E-state index >= 15 is 0 Å². The van der Waals surface area contributed by atoms with Crippen molar-refractivity contribution in [2.45, 2.75) is 58.1 Å². The van der Waals surface area contributed by atoms with Crippen LogP contribution in [-0.4, -0.2) is 37.4 Å². The third-order valence-electron chi connectivity index (χ3n) is 5.84. The number of rotatable bonds is 7. The molecule has 0 bridgehead atoms. The summed E-state index contributed by atoms with van der Waals surface area (Å²) in [5, 5.41) is 8.68. The van der Waals surface area contributed by atoms with Crippen LogP contribution in [0.5, 0.6) is 5.75 Å². The second kappa shape index (κ2) is 8.01. The summed E-state index contributed by atoms with van der Waals surface area (Å²) in [6.45, 7) is 2.85. The average Bonchev–Trinajstić information content (AvgIpc) is 3.39. The molecule has 0 N–H and O–H groups in total. The summed E-state index contributed by atoms with van der Waals surface area (Å²) < 4.78 is 49.8. The van der Waals surface area contributed by atoms with Crippen molar-refractivity contribution in [3.05, 3.63) is 30.5 Å². The van der Waals surface area contributed by atoms with Crippen LogP contribution in [-0.2, 0) is 18.4 Å². The van der Waals surface area contributed by atoms with Gasteiger partial charge >= 0.3 is 0 Å². The summed E-state index contributed by atoms with van der Waals surface area (Å²) in [4.78, 5) is 11.7. The number of carbonyl (C=O) groups excluding carboxylic acids is 1. The Morgan fingerprint density at radius 1 is 1.32 bits per heavy atom. The summed E-state index contributed by atoms with van der Waals surface area (Å²) in [7, 11) is 1.51. The lowest BCUT2D eigenvalue weighted by Gasteiger charge is -2.21. The number of carbonyl (C=O) groups is 1. The predicted octanol–water partition coefficient (Wildman–Crippen LogP) is 4.76. The first kappa shape index (κ1) is 21.4. The standard InChI is InChI=1S/C22H25F3N4O2/c1-13(14-4-5-17(30)8-14)31-19-10-15(9-18-20(19)21(23)28(3)27-18)16-11-26-29(12-16)7-6-22(2,24)25/h9-14H,4-8H2,1-3H3/t13-,14+/m1/s1. The highest BCUT2D eigenvalue weighted by Crippen LogP contribution is 2.36. The molecule has 6 nitrogen and oxygen atoms in total. The van der Waals surface area contributed by atoms with Crippen LogP contribution in [0.2, 0.25) is 0 Å². The molecule has 1 fully saturated rings. The first-order valence-electron chi connectivity index (χ1n) is 10.4. The first-order valence-corrected chi connectivity index (χ1v) is 10.4. The van der Waals surface area contributed by atoms with Crippen LogP contribution in [0.15, 0.2) is 24.5 Å². The number of ketones is 1. The maximum Gasteiger partial charge on any atom is 0.247 e. The molecule has 0 spiro atoms. The van der Waals surface area contributed by atoms with Gasteiger partial charge in [-0.1, -0.05) is 0 Å². The molecule has 2 heterocycles. The van der Waals surface area contributed by atoms with Gasteiger partial charge in [-0.25, -0.2) is 13.5 Å². The molecule has 9 heteroatoms. The fourth-order valence-corrected chi connectivity index (χ4v) is 4.00. The van der Waals surface area contributed by atoms with Gasteiger partial charge in [-0.2, -0.15) is 14.6 Å². The van der Waals surface area contributed by atoms with Crippen molar-refractivity contribution in [2.75, 3.05) is 0 Å². The Balaban J connectivity index is 1.66. The van der Waals surface area contributed by atoms with E-state index in [1.165, 1.54) is 11.7 Å². The molecule has 1 saturated carbocycles. The molecule has 1 aliphatic carbocycles. The summed E-state index contributed by atoms with van der Waals surface area (Å²) in [6, 6.07) is 3.45. The molecule has 31 heavy (non-hydrogen) atoms. The highest BCUT2D eigenvalue weighted by Gasteiger charge is 2.29. The highest BCUT2D eigenvalue weighted by atomic mass is 19.3. The number of benzene rings is 1. The molecule has 2 atom stereocenters. The van der Waals surface area contributed by atoms with Gasteiger partial charge in [0.1, 0.15) is 11.5 Å². The number of nitrogens with zero attached hydrogens (tertiary/aromatic N) is 4. The van der Waals surface area contributed by atoms with Crippen molar-refractivity contribution in [3.8, 4) is 16.9 Å². The van der Waals surface area contributed by atoms with Crippen molar-refractivity contribution in [1.82, 2.24) is 19.6 Å². The Hall–Kier alpha value is -2.84. The van der Waals surface area contributed by atoms with Crippen LogP contribution in [0.3, 0.4) is 0 Å².